The molecule has 0 fully saturated rings. The molecule has 0 atom stereocenters. The molecule has 0 aliphatic rings. The molecule has 3 aromatic rings. The first kappa shape index (κ1) is 15.7. The van der Waals surface area contributed by atoms with E-state index in [-0.39, 0.29) is 10.6 Å². The van der Waals surface area contributed by atoms with Crippen LogP contribution in [0.25, 0.3) is 10.9 Å². The van der Waals surface area contributed by atoms with E-state index in [4.69, 9.17) is 0 Å². The van der Waals surface area contributed by atoms with E-state index in [1.165, 1.54) is 6.07 Å². The van der Waals surface area contributed by atoms with Crippen LogP contribution in [0.4, 0.5) is 11.4 Å². The van der Waals surface area contributed by atoms with Crippen molar-refractivity contribution in [2.45, 2.75) is 6.92 Å². The molecule has 0 N–H and O–H groups in total. The van der Waals surface area contributed by atoms with Gasteiger partial charge in [-0.2, -0.15) is 0 Å². The van der Waals surface area contributed by atoms with Crippen molar-refractivity contribution in [3.63, 3.8) is 0 Å². The molecule has 0 radical (unpaired) electrons. The van der Waals surface area contributed by atoms with Gasteiger partial charge in [-0.3, -0.25) is 15.1 Å². The van der Waals surface area contributed by atoms with Crippen molar-refractivity contribution in [1.82, 2.24) is 4.57 Å². The third-order valence-corrected chi connectivity index (χ3v) is 4.62. The Morgan fingerprint density at radius 1 is 1.22 bits per heavy atom. The molecular weight excluding hydrogens is 405 g/mol. The molecule has 0 spiro atoms. The van der Waals surface area contributed by atoms with Gasteiger partial charge in [-0.1, -0.05) is 0 Å². The third kappa shape index (κ3) is 2.98. The smallest absolute Gasteiger partial charge is 0.270 e. The van der Waals surface area contributed by atoms with Crippen LogP contribution in [0.15, 0.2) is 47.5 Å². The van der Waals surface area contributed by atoms with Crippen molar-refractivity contribution < 1.29 is 4.92 Å². The van der Waals surface area contributed by atoms with Crippen LogP contribution in [0.3, 0.4) is 0 Å². The molecule has 1 aromatic heterocycles. The highest BCUT2D eigenvalue weighted by molar-refractivity contribution is 14.1. The number of halogens is 1. The maximum Gasteiger partial charge on any atom is 0.270 e. The molecule has 6 heteroatoms. The maximum absolute atomic E-state index is 11.0. The van der Waals surface area contributed by atoms with E-state index in [9.17, 15) is 10.1 Å². The van der Waals surface area contributed by atoms with E-state index in [1.54, 1.807) is 18.3 Å². The number of benzene rings is 2. The number of nitro benzene ring substituents is 1. The minimum Gasteiger partial charge on any atom is -0.347 e. The summed E-state index contributed by atoms with van der Waals surface area (Å²) in [7, 11) is 1.95. The molecule has 0 aliphatic carbocycles. The zero-order valence-electron chi connectivity index (χ0n) is 12.7. The predicted molar refractivity (Wildman–Crippen MR) is 101 cm³/mol. The fourth-order valence-corrected chi connectivity index (χ4v) is 2.89. The number of aromatic nitrogens is 1. The van der Waals surface area contributed by atoms with Gasteiger partial charge in [-0.05, 0) is 59.8 Å². The molecule has 23 heavy (non-hydrogen) atoms. The third-order valence-electron chi connectivity index (χ3n) is 3.90. The van der Waals surface area contributed by atoms with Crippen LogP contribution in [0.1, 0.15) is 11.3 Å². The van der Waals surface area contributed by atoms with E-state index < -0.39 is 0 Å². The SMILES string of the molecule is Cc1c(C=Nc2ccc(I)cc2)c2cc([N+](=O)[O-])ccc2n1C. The number of hydrogen-bond acceptors (Lipinski definition) is 3. The first-order valence-electron chi connectivity index (χ1n) is 7.00. The Kier molecular flexibility index (Phi) is 4.16. The molecule has 0 bridgehead atoms. The Morgan fingerprint density at radius 3 is 2.57 bits per heavy atom. The highest BCUT2D eigenvalue weighted by Crippen LogP contribution is 2.28. The van der Waals surface area contributed by atoms with E-state index in [0.717, 1.165) is 31.4 Å². The minimum absolute atomic E-state index is 0.0898. The van der Waals surface area contributed by atoms with Gasteiger partial charge in [0, 0.05) is 51.1 Å². The van der Waals surface area contributed by atoms with Gasteiger partial charge in [0.2, 0.25) is 0 Å². The van der Waals surface area contributed by atoms with Crippen LogP contribution in [0, 0.1) is 20.6 Å². The summed E-state index contributed by atoms with van der Waals surface area (Å²) in [6.07, 6.45) is 1.78. The zero-order valence-corrected chi connectivity index (χ0v) is 14.8. The second-order valence-corrected chi connectivity index (χ2v) is 6.50. The quantitative estimate of drug-likeness (QED) is 0.266. The summed E-state index contributed by atoms with van der Waals surface area (Å²) in [4.78, 5) is 15.2. The minimum atomic E-state index is -0.373. The molecular formula is C17H14IN3O2. The summed E-state index contributed by atoms with van der Waals surface area (Å²) in [5.41, 5.74) is 3.83. The summed E-state index contributed by atoms with van der Waals surface area (Å²) in [6.45, 7) is 1.99. The predicted octanol–water partition coefficient (Wildman–Crippen LogP) is 4.75. The summed E-state index contributed by atoms with van der Waals surface area (Å²) in [5.74, 6) is 0. The van der Waals surface area contributed by atoms with E-state index in [0.29, 0.717) is 0 Å². The van der Waals surface area contributed by atoms with Crippen LogP contribution in [-0.4, -0.2) is 15.7 Å². The van der Waals surface area contributed by atoms with Gasteiger partial charge in [0.15, 0.2) is 0 Å². The fraction of sp³-hybridized carbons (Fsp3) is 0.118. The van der Waals surface area contributed by atoms with Gasteiger partial charge in [-0.15, -0.1) is 0 Å². The van der Waals surface area contributed by atoms with Crippen molar-refractivity contribution in [3.8, 4) is 0 Å². The normalized spacial score (nSPS) is 11.4. The van der Waals surface area contributed by atoms with E-state index in [2.05, 4.69) is 27.6 Å². The summed E-state index contributed by atoms with van der Waals surface area (Å²) in [6, 6.07) is 12.8. The molecule has 0 saturated carbocycles. The van der Waals surface area contributed by atoms with E-state index in [1.807, 2.05) is 42.8 Å². The number of rotatable bonds is 3. The zero-order chi connectivity index (χ0) is 16.6. The van der Waals surface area contributed by atoms with Crippen molar-refractivity contribution in [2.75, 3.05) is 0 Å². The van der Waals surface area contributed by atoms with Crippen molar-refractivity contribution in [2.24, 2.45) is 12.0 Å². The van der Waals surface area contributed by atoms with Crippen LogP contribution in [-0.2, 0) is 7.05 Å². The molecule has 3 rings (SSSR count). The number of fused-ring (bicyclic) bond motifs is 1. The summed E-state index contributed by atoms with van der Waals surface area (Å²) in [5, 5.41) is 11.9. The van der Waals surface area contributed by atoms with Gasteiger partial charge in [0.25, 0.3) is 5.69 Å². The number of aliphatic imine (C=N–C) groups is 1. The molecule has 0 aliphatic heterocycles. The summed E-state index contributed by atoms with van der Waals surface area (Å²) >= 11 is 2.25. The molecule has 116 valence electrons. The van der Waals surface area contributed by atoms with Crippen LogP contribution >= 0.6 is 22.6 Å². The van der Waals surface area contributed by atoms with Gasteiger partial charge >= 0.3 is 0 Å². The number of non-ortho nitro benzene ring substituents is 1. The first-order valence-corrected chi connectivity index (χ1v) is 8.08. The molecule has 1 heterocycles. The fourth-order valence-electron chi connectivity index (χ4n) is 2.53. The van der Waals surface area contributed by atoms with Gasteiger partial charge in [0.1, 0.15) is 0 Å². The Hall–Kier alpha value is -2.22. The number of nitro groups is 1. The highest BCUT2D eigenvalue weighted by atomic mass is 127. The van der Waals surface area contributed by atoms with Crippen molar-refractivity contribution in [3.05, 3.63) is 67.4 Å². The van der Waals surface area contributed by atoms with Crippen LogP contribution in [0.2, 0.25) is 0 Å². The summed E-state index contributed by atoms with van der Waals surface area (Å²) < 4.78 is 3.17. The lowest BCUT2D eigenvalue weighted by molar-refractivity contribution is -0.384. The molecule has 5 nitrogen and oxygen atoms in total. The van der Waals surface area contributed by atoms with Crippen molar-refractivity contribution in [1.29, 1.82) is 0 Å². The second-order valence-electron chi connectivity index (χ2n) is 5.25. The molecule has 2 aromatic carbocycles. The average molecular weight is 419 g/mol. The van der Waals surface area contributed by atoms with E-state index >= 15 is 0 Å². The lowest BCUT2D eigenvalue weighted by atomic mass is 10.1. The lowest BCUT2D eigenvalue weighted by Gasteiger charge is -1.98. The van der Waals surface area contributed by atoms with Gasteiger partial charge in [-0.25, -0.2) is 0 Å². The van der Waals surface area contributed by atoms with Gasteiger partial charge in [0.05, 0.1) is 10.6 Å². The largest absolute Gasteiger partial charge is 0.347 e. The number of nitrogens with zero attached hydrogens (tertiary/aromatic N) is 3. The monoisotopic (exact) mass is 419 g/mol. The molecule has 0 unspecified atom stereocenters. The first-order chi connectivity index (χ1) is 11.0. The standard InChI is InChI=1S/C17H14IN3O2/c1-11-16(10-19-13-5-3-12(18)4-6-13)15-9-14(21(22)23)7-8-17(15)20(11)2/h3-10H,1-2H3. The average Bonchev–Trinajstić information content (AvgIpc) is 2.78. The van der Waals surface area contributed by atoms with Crippen LogP contribution < -0.4 is 0 Å². The van der Waals surface area contributed by atoms with Crippen molar-refractivity contribution >= 4 is 51.1 Å². The Balaban J connectivity index is 2.12. The highest BCUT2D eigenvalue weighted by Gasteiger charge is 2.14. The number of hydrogen-bond donors (Lipinski definition) is 0. The number of aryl methyl sites for hydroxylation is 1. The Labute approximate surface area is 146 Å². The Morgan fingerprint density at radius 2 is 1.91 bits per heavy atom. The topological polar surface area (TPSA) is 60.4 Å². The maximum atomic E-state index is 11.0. The van der Waals surface area contributed by atoms with Crippen LogP contribution in [0.5, 0.6) is 0 Å². The van der Waals surface area contributed by atoms with Gasteiger partial charge < -0.3 is 4.57 Å². The Bertz CT molecular complexity index is 927. The second kappa shape index (κ2) is 6.11. The molecule has 0 saturated heterocycles. The lowest BCUT2D eigenvalue weighted by Crippen LogP contribution is -1.91. The molecule has 0 amide bonds.